The molecule has 0 saturated carbocycles. The molecule has 0 radical (unpaired) electrons. The van der Waals surface area contributed by atoms with Crippen molar-refractivity contribution in [2.24, 2.45) is 0 Å². The number of benzene rings is 3. The fourth-order valence-corrected chi connectivity index (χ4v) is 4.39. The fraction of sp³-hybridized carbons (Fsp3) is 0.208. The van der Waals surface area contributed by atoms with Gasteiger partial charge in [-0.05, 0) is 43.7 Å². The number of rotatable bonds is 6. The van der Waals surface area contributed by atoms with Gasteiger partial charge >= 0.3 is 0 Å². The largest absolute Gasteiger partial charge is 0.337 e. The van der Waals surface area contributed by atoms with E-state index in [-0.39, 0.29) is 10.8 Å². The van der Waals surface area contributed by atoms with Crippen molar-refractivity contribution in [1.82, 2.24) is 4.90 Å². The Labute approximate surface area is 178 Å². The molecule has 0 spiro atoms. The number of anilines is 1. The van der Waals surface area contributed by atoms with E-state index in [4.69, 9.17) is 0 Å². The first-order valence-electron chi connectivity index (χ1n) is 9.66. The maximum atomic E-state index is 13.2. The molecule has 3 aromatic carbocycles. The predicted octanol–water partition coefficient (Wildman–Crippen LogP) is 4.40. The second-order valence-electron chi connectivity index (χ2n) is 7.45. The summed E-state index contributed by atoms with van der Waals surface area (Å²) in [6.07, 6.45) is 0. The second kappa shape index (κ2) is 8.71. The Hall–Kier alpha value is -3.12. The maximum Gasteiger partial charge on any atom is 0.264 e. The SMILES string of the molecule is Cc1ccc(CN(C)C(=O)c2ccccc2N(C)S(=O)(=O)c2ccc(C)cc2)cc1. The number of carbonyl (C=O) groups excluding carboxylic acids is 1. The Bertz CT molecular complexity index is 1140. The van der Waals surface area contributed by atoms with E-state index in [1.807, 2.05) is 38.1 Å². The highest BCUT2D eigenvalue weighted by Gasteiger charge is 2.26. The molecule has 0 unspecified atom stereocenters. The number of sulfonamides is 1. The Balaban J connectivity index is 1.90. The van der Waals surface area contributed by atoms with Crippen LogP contribution in [0.15, 0.2) is 77.7 Å². The summed E-state index contributed by atoms with van der Waals surface area (Å²) >= 11 is 0. The van der Waals surface area contributed by atoms with E-state index in [1.165, 1.54) is 11.4 Å². The zero-order valence-corrected chi connectivity index (χ0v) is 18.5. The van der Waals surface area contributed by atoms with Gasteiger partial charge in [0, 0.05) is 20.6 Å². The van der Waals surface area contributed by atoms with Gasteiger partial charge in [-0.3, -0.25) is 9.10 Å². The van der Waals surface area contributed by atoms with Crippen molar-refractivity contribution < 1.29 is 13.2 Å². The summed E-state index contributed by atoms with van der Waals surface area (Å²) in [4.78, 5) is 14.9. The van der Waals surface area contributed by atoms with Gasteiger partial charge < -0.3 is 4.90 Å². The molecule has 0 aromatic heterocycles. The first kappa shape index (κ1) is 21.6. The van der Waals surface area contributed by atoms with Crippen LogP contribution in [-0.4, -0.2) is 33.3 Å². The molecule has 3 aromatic rings. The lowest BCUT2D eigenvalue weighted by molar-refractivity contribution is 0.0786. The third-order valence-electron chi connectivity index (χ3n) is 5.04. The van der Waals surface area contributed by atoms with Crippen LogP contribution in [0, 0.1) is 13.8 Å². The normalized spacial score (nSPS) is 11.2. The minimum Gasteiger partial charge on any atom is -0.337 e. The van der Waals surface area contributed by atoms with Crippen LogP contribution >= 0.6 is 0 Å². The summed E-state index contributed by atoms with van der Waals surface area (Å²) in [5.74, 6) is -0.239. The Morgan fingerprint density at radius 2 is 1.33 bits per heavy atom. The minimum atomic E-state index is -3.79. The molecule has 0 atom stereocenters. The zero-order valence-electron chi connectivity index (χ0n) is 17.7. The minimum absolute atomic E-state index is 0.186. The number of carbonyl (C=O) groups is 1. The number of aryl methyl sites for hydroxylation is 2. The summed E-state index contributed by atoms with van der Waals surface area (Å²) in [5, 5.41) is 0. The molecule has 6 heteroatoms. The molecule has 3 rings (SSSR count). The van der Waals surface area contributed by atoms with Gasteiger partial charge in [-0.25, -0.2) is 8.42 Å². The maximum absolute atomic E-state index is 13.2. The Morgan fingerprint density at radius 1 is 0.800 bits per heavy atom. The van der Waals surface area contributed by atoms with Gasteiger partial charge in [-0.2, -0.15) is 0 Å². The van der Waals surface area contributed by atoms with E-state index in [9.17, 15) is 13.2 Å². The topological polar surface area (TPSA) is 57.7 Å². The van der Waals surface area contributed by atoms with E-state index in [0.717, 1.165) is 16.7 Å². The standard InChI is InChI=1S/C24H26N2O3S/c1-18-9-13-20(14-10-18)17-25(3)24(27)22-7-5-6-8-23(22)26(4)30(28,29)21-15-11-19(2)12-16-21/h5-16H,17H2,1-4H3. The highest BCUT2D eigenvalue weighted by molar-refractivity contribution is 7.92. The van der Waals surface area contributed by atoms with Crippen LogP contribution in [0.1, 0.15) is 27.0 Å². The van der Waals surface area contributed by atoms with E-state index in [1.54, 1.807) is 60.5 Å². The molecule has 0 heterocycles. The first-order valence-corrected chi connectivity index (χ1v) is 11.1. The van der Waals surface area contributed by atoms with Crippen LogP contribution in [0.3, 0.4) is 0 Å². The predicted molar refractivity (Wildman–Crippen MR) is 120 cm³/mol. The van der Waals surface area contributed by atoms with Gasteiger partial charge in [0.2, 0.25) is 0 Å². The van der Waals surface area contributed by atoms with Crippen molar-refractivity contribution in [1.29, 1.82) is 0 Å². The van der Waals surface area contributed by atoms with Crippen molar-refractivity contribution in [2.75, 3.05) is 18.4 Å². The average molecular weight is 423 g/mol. The summed E-state index contributed by atoms with van der Waals surface area (Å²) in [6.45, 7) is 4.35. The van der Waals surface area contributed by atoms with Gasteiger partial charge in [0.05, 0.1) is 16.1 Å². The Morgan fingerprint density at radius 3 is 1.93 bits per heavy atom. The van der Waals surface area contributed by atoms with Gasteiger partial charge in [0.15, 0.2) is 0 Å². The lowest BCUT2D eigenvalue weighted by Crippen LogP contribution is -2.31. The molecule has 30 heavy (non-hydrogen) atoms. The molecule has 0 fully saturated rings. The van der Waals surface area contributed by atoms with E-state index < -0.39 is 10.0 Å². The summed E-state index contributed by atoms with van der Waals surface area (Å²) in [6, 6.07) is 21.4. The number of hydrogen-bond donors (Lipinski definition) is 0. The lowest BCUT2D eigenvalue weighted by atomic mass is 10.1. The van der Waals surface area contributed by atoms with Crippen molar-refractivity contribution in [3.63, 3.8) is 0 Å². The van der Waals surface area contributed by atoms with E-state index >= 15 is 0 Å². The summed E-state index contributed by atoms with van der Waals surface area (Å²) < 4.78 is 27.4. The van der Waals surface area contributed by atoms with Crippen LogP contribution in [0.25, 0.3) is 0 Å². The smallest absolute Gasteiger partial charge is 0.264 e. The highest BCUT2D eigenvalue weighted by atomic mass is 32.2. The van der Waals surface area contributed by atoms with Crippen molar-refractivity contribution in [2.45, 2.75) is 25.3 Å². The van der Waals surface area contributed by atoms with Gasteiger partial charge in [0.25, 0.3) is 15.9 Å². The zero-order chi connectivity index (χ0) is 21.9. The average Bonchev–Trinajstić information content (AvgIpc) is 2.74. The first-order chi connectivity index (χ1) is 14.2. The van der Waals surface area contributed by atoms with Crippen LogP contribution in [0.2, 0.25) is 0 Å². The summed E-state index contributed by atoms with van der Waals surface area (Å²) in [7, 11) is -0.602. The third-order valence-corrected chi connectivity index (χ3v) is 6.83. The fourth-order valence-electron chi connectivity index (χ4n) is 3.17. The van der Waals surface area contributed by atoms with Gasteiger partial charge in [0.1, 0.15) is 0 Å². The molecule has 0 aliphatic heterocycles. The molecule has 0 aliphatic carbocycles. The van der Waals surface area contributed by atoms with Gasteiger partial charge in [-0.1, -0.05) is 59.7 Å². The van der Waals surface area contributed by atoms with Crippen molar-refractivity contribution in [3.8, 4) is 0 Å². The number of amides is 1. The van der Waals surface area contributed by atoms with E-state index in [2.05, 4.69) is 0 Å². The monoisotopic (exact) mass is 422 g/mol. The molecular weight excluding hydrogens is 396 g/mol. The van der Waals surface area contributed by atoms with Crippen LogP contribution < -0.4 is 4.31 Å². The van der Waals surface area contributed by atoms with Crippen LogP contribution in [0.4, 0.5) is 5.69 Å². The number of para-hydroxylation sites is 1. The van der Waals surface area contributed by atoms with Crippen LogP contribution in [-0.2, 0) is 16.6 Å². The molecule has 5 nitrogen and oxygen atoms in total. The lowest BCUT2D eigenvalue weighted by Gasteiger charge is -2.24. The van der Waals surface area contributed by atoms with Crippen LogP contribution in [0.5, 0.6) is 0 Å². The molecular formula is C24H26N2O3S. The molecule has 0 saturated heterocycles. The molecule has 1 amide bonds. The van der Waals surface area contributed by atoms with Crippen molar-refractivity contribution in [3.05, 3.63) is 95.1 Å². The molecule has 0 bridgehead atoms. The molecule has 156 valence electrons. The molecule has 0 N–H and O–H groups in total. The summed E-state index contributed by atoms with van der Waals surface area (Å²) in [5.41, 5.74) is 3.82. The Kier molecular flexibility index (Phi) is 6.27. The second-order valence-corrected chi connectivity index (χ2v) is 9.42. The van der Waals surface area contributed by atoms with Gasteiger partial charge in [-0.15, -0.1) is 0 Å². The molecule has 0 aliphatic rings. The quantitative estimate of drug-likeness (QED) is 0.592. The van der Waals surface area contributed by atoms with E-state index in [0.29, 0.717) is 17.8 Å². The highest BCUT2D eigenvalue weighted by Crippen LogP contribution is 2.27. The third kappa shape index (κ3) is 4.54. The van der Waals surface area contributed by atoms with Crippen molar-refractivity contribution >= 4 is 21.6 Å². The number of hydrogen-bond acceptors (Lipinski definition) is 3. The number of nitrogens with zero attached hydrogens (tertiary/aromatic N) is 2.